The lowest BCUT2D eigenvalue weighted by Crippen LogP contribution is -2.26. The van der Waals surface area contributed by atoms with Crippen LogP contribution in [0.4, 0.5) is 5.69 Å². The first-order valence-corrected chi connectivity index (χ1v) is 7.63. The van der Waals surface area contributed by atoms with E-state index in [2.05, 4.69) is 10.6 Å². The minimum absolute atomic E-state index is 0.162. The van der Waals surface area contributed by atoms with Gasteiger partial charge in [-0.25, -0.2) is 4.79 Å². The maximum Gasteiger partial charge on any atom is 0.328 e. The van der Waals surface area contributed by atoms with Gasteiger partial charge in [-0.05, 0) is 30.7 Å². The number of carbonyl (C=O) groups excluding carboxylic acids is 2. The maximum atomic E-state index is 12.4. The SMILES string of the molecule is CC(NC(=O)c1cccc(NC(=O)/C=C/C(=O)O)c1)c1ccccc1. The van der Waals surface area contributed by atoms with Crippen LogP contribution in [0, 0.1) is 0 Å². The van der Waals surface area contributed by atoms with Gasteiger partial charge in [-0.1, -0.05) is 36.4 Å². The Kier molecular flexibility index (Phi) is 6.06. The van der Waals surface area contributed by atoms with Crippen molar-refractivity contribution in [2.75, 3.05) is 5.32 Å². The molecule has 25 heavy (non-hydrogen) atoms. The lowest BCUT2D eigenvalue weighted by atomic mass is 10.1. The van der Waals surface area contributed by atoms with Crippen LogP contribution in [-0.2, 0) is 9.59 Å². The minimum Gasteiger partial charge on any atom is -0.478 e. The first-order chi connectivity index (χ1) is 12.0. The van der Waals surface area contributed by atoms with Crippen LogP contribution < -0.4 is 10.6 Å². The van der Waals surface area contributed by atoms with E-state index in [1.165, 1.54) is 6.07 Å². The quantitative estimate of drug-likeness (QED) is 0.706. The highest BCUT2D eigenvalue weighted by Gasteiger charge is 2.12. The van der Waals surface area contributed by atoms with E-state index in [9.17, 15) is 14.4 Å². The third-order valence-corrected chi connectivity index (χ3v) is 3.42. The highest BCUT2D eigenvalue weighted by molar-refractivity contribution is 6.03. The molecule has 0 bridgehead atoms. The Hall–Kier alpha value is -3.41. The molecule has 0 aliphatic carbocycles. The number of rotatable bonds is 6. The zero-order valence-electron chi connectivity index (χ0n) is 13.6. The van der Waals surface area contributed by atoms with Gasteiger partial charge in [0, 0.05) is 23.4 Å². The number of hydrogen-bond acceptors (Lipinski definition) is 3. The van der Waals surface area contributed by atoms with Crippen LogP contribution >= 0.6 is 0 Å². The predicted molar refractivity (Wildman–Crippen MR) is 94.2 cm³/mol. The molecule has 0 saturated carbocycles. The fourth-order valence-corrected chi connectivity index (χ4v) is 2.17. The van der Waals surface area contributed by atoms with Gasteiger partial charge in [-0.15, -0.1) is 0 Å². The second-order valence-corrected chi connectivity index (χ2v) is 5.35. The average molecular weight is 338 g/mol. The number of amides is 2. The van der Waals surface area contributed by atoms with Crippen molar-refractivity contribution in [2.24, 2.45) is 0 Å². The number of carboxylic acids is 1. The van der Waals surface area contributed by atoms with Crippen molar-refractivity contribution in [2.45, 2.75) is 13.0 Å². The molecule has 2 rings (SSSR count). The highest BCUT2D eigenvalue weighted by Crippen LogP contribution is 2.15. The van der Waals surface area contributed by atoms with Gasteiger partial charge >= 0.3 is 5.97 Å². The van der Waals surface area contributed by atoms with Crippen molar-refractivity contribution in [3.63, 3.8) is 0 Å². The van der Waals surface area contributed by atoms with Crippen molar-refractivity contribution in [1.82, 2.24) is 5.32 Å². The molecule has 2 aromatic carbocycles. The number of carboxylic acid groups (broad SMARTS) is 1. The summed E-state index contributed by atoms with van der Waals surface area (Å²) in [6.07, 6.45) is 1.65. The van der Waals surface area contributed by atoms with Crippen molar-refractivity contribution in [3.05, 3.63) is 77.9 Å². The first-order valence-electron chi connectivity index (χ1n) is 7.63. The van der Waals surface area contributed by atoms with Crippen LogP contribution in [-0.4, -0.2) is 22.9 Å². The van der Waals surface area contributed by atoms with E-state index in [1.54, 1.807) is 18.2 Å². The molecule has 0 aromatic heterocycles. The third kappa shape index (κ3) is 5.62. The summed E-state index contributed by atoms with van der Waals surface area (Å²) >= 11 is 0. The zero-order valence-corrected chi connectivity index (χ0v) is 13.6. The molecule has 128 valence electrons. The van der Waals surface area contributed by atoms with E-state index >= 15 is 0 Å². The summed E-state index contributed by atoms with van der Waals surface area (Å²) in [6.45, 7) is 1.88. The van der Waals surface area contributed by atoms with Crippen LogP contribution in [0.15, 0.2) is 66.7 Å². The van der Waals surface area contributed by atoms with Gasteiger partial charge in [0.15, 0.2) is 0 Å². The van der Waals surface area contributed by atoms with Crippen LogP contribution in [0.3, 0.4) is 0 Å². The number of anilines is 1. The smallest absolute Gasteiger partial charge is 0.328 e. The third-order valence-electron chi connectivity index (χ3n) is 3.42. The molecular formula is C19H18N2O4. The Balaban J connectivity index is 2.03. The standard InChI is InChI=1S/C19H18N2O4/c1-13(14-6-3-2-4-7-14)20-19(25)15-8-5-9-16(12-15)21-17(22)10-11-18(23)24/h2-13H,1H3,(H,20,25)(H,21,22)(H,23,24)/b11-10+. The minimum atomic E-state index is -1.21. The van der Waals surface area contributed by atoms with Gasteiger partial charge < -0.3 is 15.7 Å². The summed E-state index contributed by atoms with van der Waals surface area (Å²) in [5, 5.41) is 13.9. The number of hydrogen-bond donors (Lipinski definition) is 3. The Morgan fingerprint density at radius 3 is 2.40 bits per heavy atom. The topological polar surface area (TPSA) is 95.5 Å². The van der Waals surface area contributed by atoms with Crippen molar-refractivity contribution in [1.29, 1.82) is 0 Å². The molecule has 6 heteroatoms. The molecule has 0 spiro atoms. The predicted octanol–water partition coefficient (Wildman–Crippen LogP) is 2.76. The summed E-state index contributed by atoms with van der Waals surface area (Å²) in [5.41, 5.74) is 1.78. The molecule has 6 nitrogen and oxygen atoms in total. The second-order valence-electron chi connectivity index (χ2n) is 5.35. The Morgan fingerprint density at radius 2 is 1.72 bits per heavy atom. The molecule has 0 heterocycles. The molecule has 1 atom stereocenters. The van der Waals surface area contributed by atoms with Gasteiger partial charge in [-0.2, -0.15) is 0 Å². The largest absolute Gasteiger partial charge is 0.478 e. The lowest BCUT2D eigenvalue weighted by Gasteiger charge is -2.14. The van der Waals surface area contributed by atoms with Crippen LogP contribution in [0.1, 0.15) is 28.9 Å². The fourth-order valence-electron chi connectivity index (χ4n) is 2.17. The molecule has 1 unspecified atom stereocenters. The average Bonchev–Trinajstić information content (AvgIpc) is 2.61. The fraction of sp³-hybridized carbons (Fsp3) is 0.105. The van der Waals surface area contributed by atoms with Crippen LogP contribution in [0.25, 0.3) is 0 Å². The van der Waals surface area contributed by atoms with E-state index in [4.69, 9.17) is 5.11 Å². The number of carbonyl (C=O) groups is 3. The van der Waals surface area contributed by atoms with E-state index in [0.717, 1.165) is 17.7 Å². The summed E-state index contributed by atoms with van der Waals surface area (Å²) in [7, 11) is 0. The van der Waals surface area contributed by atoms with E-state index < -0.39 is 11.9 Å². The highest BCUT2D eigenvalue weighted by atomic mass is 16.4. The molecule has 0 aliphatic rings. The second kappa shape index (κ2) is 8.44. The Bertz CT molecular complexity index is 800. The van der Waals surface area contributed by atoms with E-state index in [-0.39, 0.29) is 11.9 Å². The first kappa shape index (κ1) is 17.9. The summed E-state index contributed by atoms with van der Waals surface area (Å²) in [4.78, 5) is 34.4. The molecule has 2 amide bonds. The molecule has 0 radical (unpaired) electrons. The zero-order chi connectivity index (χ0) is 18.2. The van der Waals surface area contributed by atoms with Crippen molar-refractivity contribution in [3.8, 4) is 0 Å². The Morgan fingerprint density at radius 1 is 1.00 bits per heavy atom. The van der Waals surface area contributed by atoms with Gasteiger partial charge in [0.25, 0.3) is 5.91 Å². The summed E-state index contributed by atoms with van der Waals surface area (Å²) in [5.74, 6) is -2.07. The maximum absolute atomic E-state index is 12.4. The monoisotopic (exact) mass is 338 g/mol. The molecule has 0 aliphatic heterocycles. The van der Waals surface area contributed by atoms with Crippen molar-refractivity contribution < 1.29 is 19.5 Å². The molecule has 0 fully saturated rings. The van der Waals surface area contributed by atoms with E-state index in [1.807, 2.05) is 37.3 Å². The summed E-state index contributed by atoms with van der Waals surface area (Å²) in [6, 6.07) is 15.8. The number of benzene rings is 2. The molecule has 3 N–H and O–H groups in total. The van der Waals surface area contributed by atoms with Gasteiger partial charge in [0.05, 0.1) is 6.04 Å². The van der Waals surface area contributed by atoms with E-state index in [0.29, 0.717) is 11.3 Å². The van der Waals surface area contributed by atoms with Gasteiger partial charge in [0.1, 0.15) is 0 Å². The lowest BCUT2D eigenvalue weighted by molar-refractivity contribution is -0.131. The van der Waals surface area contributed by atoms with Gasteiger partial charge in [0.2, 0.25) is 5.91 Å². The number of aliphatic carboxylic acids is 1. The van der Waals surface area contributed by atoms with Gasteiger partial charge in [-0.3, -0.25) is 9.59 Å². The van der Waals surface area contributed by atoms with Crippen molar-refractivity contribution >= 4 is 23.5 Å². The summed E-state index contributed by atoms with van der Waals surface area (Å²) < 4.78 is 0. The molecule has 0 saturated heterocycles. The molecule has 2 aromatic rings. The Labute approximate surface area is 145 Å². The van der Waals surface area contributed by atoms with Crippen LogP contribution in [0.2, 0.25) is 0 Å². The normalized spacial score (nSPS) is 11.7. The number of nitrogens with one attached hydrogen (secondary N) is 2. The van der Waals surface area contributed by atoms with Crippen LogP contribution in [0.5, 0.6) is 0 Å². The molecular weight excluding hydrogens is 320 g/mol.